The first-order valence-corrected chi connectivity index (χ1v) is 9.88. The number of hydrogen-bond donors (Lipinski definition) is 1. The summed E-state index contributed by atoms with van der Waals surface area (Å²) in [7, 11) is 0. The van der Waals surface area contributed by atoms with Crippen molar-refractivity contribution < 1.29 is 14.3 Å². The Hall–Kier alpha value is -1.47. The molecule has 140 valence electrons. The van der Waals surface area contributed by atoms with Gasteiger partial charge < -0.3 is 15.0 Å². The molecule has 0 spiro atoms. The van der Waals surface area contributed by atoms with E-state index in [0.29, 0.717) is 43.6 Å². The van der Waals surface area contributed by atoms with Crippen LogP contribution < -0.4 is 5.32 Å². The maximum Gasteiger partial charge on any atom is 0.251 e. The molecule has 0 radical (unpaired) electrons. The summed E-state index contributed by atoms with van der Waals surface area (Å²) in [6, 6.07) is 0. The van der Waals surface area contributed by atoms with Gasteiger partial charge in [-0.15, -0.1) is 11.3 Å². The van der Waals surface area contributed by atoms with Crippen molar-refractivity contribution in [1.82, 2.24) is 9.88 Å². The van der Waals surface area contributed by atoms with Crippen LogP contribution in [0.3, 0.4) is 0 Å². The third kappa shape index (κ3) is 6.08. The van der Waals surface area contributed by atoms with Crippen LogP contribution in [0.25, 0.3) is 0 Å². The molecule has 1 saturated heterocycles. The Labute approximate surface area is 154 Å². The number of ether oxygens (including phenoxy) is 1. The van der Waals surface area contributed by atoms with Crippen molar-refractivity contribution in [3.8, 4) is 0 Å². The first kappa shape index (κ1) is 19.8. The molecule has 25 heavy (non-hydrogen) atoms. The number of thiazole rings is 1. The third-order valence-electron chi connectivity index (χ3n) is 4.44. The molecule has 2 heterocycles. The van der Waals surface area contributed by atoms with Crippen molar-refractivity contribution in [2.75, 3.05) is 25.0 Å². The SMILES string of the molecule is Cc1csc(NC(=O)C2CCN(C(=O)C(C)OCCC(C)C)CC2)n1. The highest BCUT2D eigenvalue weighted by Gasteiger charge is 2.29. The fourth-order valence-electron chi connectivity index (χ4n) is 2.79. The number of aryl methyl sites for hydroxylation is 1. The number of likely N-dealkylation sites (tertiary alicyclic amines) is 1. The van der Waals surface area contributed by atoms with Crippen molar-refractivity contribution in [1.29, 1.82) is 0 Å². The fraction of sp³-hybridized carbons (Fsp3) is 0.722. The van der Waals surface area contributed by atoms with Gasteiger partial charge in [-0.3, -0.25) is 9.59 Å². The van der Waals surface area contributed by atoms with Crippen LogP contribution in [-0.4, -0.2) is 47.5 Å². The topological polar surface area (TPSA) is 71.5 Å². The van der Waals surface area contributed by atoms with Gasteiger partial charge in [-0.1, -0.05) is 13.8 Å². The van der Waals surface area contributed by atoms with Crippen LogP contribution in [0.15, 0.2) is 5.38 Å². The number of amides is 2. The number of piperidine rings is 1. The zero-order chi connectivity index (χ0) is 18.4. The lowest BCUT2D eigenvalue weighted by molar-refractivity contribution is -0.145. The monoisotopic (exact) mass is 367 g/mol. The number of carbonyl (C=O) groups excluding carboxylic acids is 2. The molecule has 1 aromatic heterocycles. The Morgan fingerprint density at radius 1 is 1.36 bits per heavy atom. The van der Waals surface area contributed by atoms with E-state index < -0.39 is 6.10 Å². The molecule has 1 unspecified atom stereocenters. The normalized spacial score (nSPS) is 16.9. The van der Waals surface area contributed by atoms with E-state index in [1.54, 1.807) is 0 Å². The zero-order valence-corrected chi connectivity index (χ0v) is 16.4. The van der Waals surface area contributed by atoms with Gasteiger partial charge in [-0.25, -0.2) is 4.98 Å². The average Bonchev–Trinajstić information content (AvgIpc) is 2.98. The number of carbonyl (C=O) groups is 2. The van der Waals surface area contributed by atoms with E-state index in [-0.39, 0.29) is 17.7 Å². The molecule has 0 saturated carbocycles. The molecule has 1 N–H and O–H groups in total. The molecule has 1 fully saturated rings. The number of nitrogens with zero attached hydrogens (tertiary/aromatic N) is 2. The second kappa shape index (κ2) is 9.29. The van der Waals surface area contributed by atoms with Gasteiger partial charge in [-0.05, 0) is 39.0 Å². The summed E-state index contributed by atoms with van der Waals surface area (Å²) in [5.74, 6) is 0.532. The summed E-state index contributed by atoms with van der Waals surface area (Å²) in [6.45, 7) is 9.80. The Bertz CT molecular complexity index is 580. The zero-order valence-electron chi connectivity index (χ0n) is 15.6. The van der Waals surface area contributed by atoms with Gasteiger partial charge in [0.05, 0.1) is 5.69 Å². The van der Waals surface area contributed by atoms with Gasteiger partial charge in [0.25, 0.3) is 5.91 Å². The van der Waals surface area contributed by atoms with Crippen molar-refractivity contribution in [2.45, 2.75) is 53.1 Å². The molecular weight excluding hydrogens is 338 g/mol. The van der Waals surface area contributed by atoms with Gasteiger partial charge >= 0.3 is 0 Å². The number of hydrogen-bond acceptors (Lipinski definition) is 5. The molecule has 1 aromatic rings. The minimum absolute atomic E-state index is 0.00248. The van der Waals surface area contributed by atoms with Gasteiger partial charge in [0.15, 0.2) is 5.13 Å². The summed E-state index contributed by atoms with van der Waals surface area (Å²) < 4.78 is 5.65. The van der Waals surface area contributed by atoms with E-state index in [9.17, 15) is 9.59 Å². The van der Waals surface area contributed by atoms with Crippen LogP contribution in [0, 0.1) is 18.8 Å². The van der Waals surface area contributed by atoms with Crippen LogP contribution in [-0.2, 0) is 14.3 Å². The Balaban J connectivity index is 1.74. The van der Waals surface area contributed by atoms with Crippen LogP contribution in [0.2, 0.25) is 0 Å². The summed E-state index contributed by atoms with van der Waals surface area (Å²) >= 11 is 1.44. The van der Waals surface area contributed by atoms with E-state index in [1.165, 1.54) is 11.3 Å². The molecule has 1 atom stereocenters. The van der Waals surface area contributed by atoms with Gasteiger partial charge in [0.2, 0.25) is 5.91 Å². The summed E-state index contributed by atoms with van der Waals surface area (Å²) in [5, 5.41) is 5.44. The van der Waals surface area contributed by atoms with Crippen molar-refractivity contribution in [2.24, 2.45) is 11.8 Å². The highest BCUT2D eigenvalue weighted by Crippen LogP contribution is 2.22. The molecular formula is C18H29N3O3S. The highest BCUT2D eigenvalue weighted by atomic mass is 32.1. The Morgan fingerprint density at radius 2 is 2.04 bits per heavy atom. The van der Waals surface area contributed by atoms with E-state index in [2.05, 4.69) is 24.1 Å². The molecule has 0 bridgehead atoms. The second-order valence-electron chi connectivity index (χ2n) is 7.08. The quantitative estimate of drug-likeness (QED) is 0.804. The molecule has 2 rings (SSSR count). The molecule has 1 aliphatic heterocycles. The summed E-state index contributed by atoms with van der Waals surface area (Å²) in [4.78, 5) is 30.8. The predicted molar refractivity (Wildman–Crippen MR) is 99.7 cm³/mol. The highest BCUT2D eigenvalue weighted by molar-refractivity contribution is 7.13. The molecule has 0 aliphatic carbocycles. The Morgan fingerprint density at radius 3 is 2.60 bits per heavy atom. The smallest absolute Gasteiger partial charge is 0.251 e. The largest absolute Gasteiger partial charge is 0.369 e. The van der Waals surface area contributed by atoms with Crippen molar-refractivity contribution in [3.63, 3.8) is 0 Å². The maximum atomic E-state index is 12.4. The molecule has 0 aromatic carbocycles. The molecule has 1 aliphatic rings. The summed E-state index contributed by atoms with van der Waals surface area (Å²) in [5.41, 5.74) is 0.909. The molecule has 2 amide bonds. The Kier molecular flexibility index (Phi) is 7.38. The van der Waals surface area contributed by atoms with Gasteiger partial charge in [0.1, 0.15) is 6.10 Å². The standard InChI is InChI=1S/C18H29N3O3S/c1-12(2)7-10-24-14(4)17(23)21-8-5-15(6-9-21)16(22)20-18-19-13(3)11-25-18/h11-12,14-15H,5-10H2,1-4H3,(H,19,20,22). The van der Waals surface area contributed by atoms with Crippen molar-refractivity contribution >= 4 is 28.3 Å². The second-order valence-corrected chi connectivity index (χ2v) is 7.94. The first-order valence-electron chi connectivity index (χ1n) is 9.00. The van der Waals surface area contributed by atoms with E-state index >= 15 is 0 Å². The lowest BCUT2D eigenvalue weighted by Gasteiger charge is -2.32. The van der Waals surface area contributed by atoms with Crippen LogP contribution in [0.5, 0.6) is 0 Å². The number of anilines is 1. The lowest BCUT2D eigenvalue weighted by atomic mass is 9.95. The maximum absolute atomic E-state index is 12.4. The summed E-state index contributed by atoms with van der Waals surface area (Å²) in [6.07, 6.45) is 1.90. The molecule has 6 nitrogen and oxygen atoms in total. The molecule has 7 heteroatoms. The van der Waals surface area contributed by atoms with Crippen LogP contribution in [0.4, 0.5) is 5.13 Å². The van der Waals surface area contributed by atoms with Gasteiger partial charge in [0, 0.05) is 31.0 Å². The van der Waals surface area contributed by atoms with Crippen LogP contribution in [0.1, 0.15) is 45.7 Å². The predicted octanol–water partition coefficient (Wildman–Crippen LogP) is 3.08. The van der Waals surface area contributed by atoms with Crippen molar-refractivity contribution in [3.05, 3.63) is 11.1 Å². The van der Waals surface area contributed by atoms with E-state index in [4.69, 9.17) is 4.74 Å². The average molecular weight is 368 g/mol. The third-order valence-corrected chi connectivity index (χ3v) is 5.31. The number of nitrogens with one attached hydrogen (secondary N) is 1. The van der Waals surface area contributed by atoms with E-state index in [0.717, 1.165) is 12.1 Å². The number of rotatable bonds is 7. The van der Waals surface area contributed by atoms with E-state index in [1.807, 2.05) is 24.1 Å². The van der Waals surface area contributed by atoms with Crippen LogP contribution >= 0.6 is 11.3 Å². The fourth-order valence-corrected chi connectivity index (χ4v) is 3.48. The minimum atomic E-state index is -0.414. The van der Waals surface area contributed by atoms with Gasteiger partial charge in [-0.2, -0.15) is 0 Å². The number of aromatic nitrogens is 1. The lowest BCUT2D eigenvalue weighted by Crippen LogP contribution is -2.45. The first-order chi connectivity index (χ1) is 11.9. The minimum Gasteiger partial charge on any atom is -0.369 e.